The maximum atomic E-state index is 5.65. The van der Waals surface area contributed by atoms with E-state index < -0.39 is 0 Å². The molecular formula is C13H13N3O3S. The van der Waals surface area contributed by atoms with Crippen LogP contribution in [0.1, 0.15) is 5.56 Å². The van der Waals surface area contributed by atoms with Gasteiger partial charge in [-0.05, 0) is 6.07 Å². The Morgan fingerprint density at radius 1 is 1.10 bits per heavy atom. The van der Waals surface area contributed by atoms with Crippen LogP contribution in [-0.4, -0.2) is 29.4 Å². The highest BCUT2D eigenvalue weighted by Gasteiger charge is 2.11. The smallest absolute Gasteiger partial charge is 0.249 e. The molecule has 2 N–H and O–H groups in total. The summed E-state index contributed by atoms with van der Waals surface area (Å²) >= 11 is 4.94. The Morgan fingerprint density at radius 2 is 1.70 bits per heavy atom. The van der Waals surface area contributed by atoms with E-state index in [0.29, 0.717) is 22.8 Å². The van der Waals surface area contributed by atoms with Crippen molar-refractivity contribution < 1.29 is 14.2 Å². The van der Waals surface area contributed by atoms with E-state index in [1.807, 2.05) is 0 Å². The lowest BCUT2D eigenvalue weighted by atomic mass is 10.3. The number of hydrogen-bond donors (Lipinski definition) is 1. The van der Waals surface area contributed by atoms with E-state index in [2.05, 4.69) is 10.2 Å². The maximum Gasteiger partial charge on any atom is 0.249 e. The summed E-state index contributed by atoms with van der Waals surface area (Å²) in [5.41, 5.74) is 6.13. The van der Waals surface area contributed by atoms with Crippen LogP contribution in [0.3, 0.4) is 0 Å². The second-order valence-corrected chi connectivity index (χ2v) is 4.20. The number of ether oxygens (including phenoxy) is 3. The van der Waals surface area contributed by atoms with Crippen LogP contribution in [0.25, 0.3) is 0 Å². The summed E-state index contributed by atoms with van der Waals surface area (Å²) in [6.45, 7) is 0. The highest BCUT2D eigenvalue weighted by molar-refractivity contribution is 7.80. The molecule has 0 unspecified atom stereocenters. The number of benzene rings is 1. The fourth-order valence-corrected chi connectivity index (χ4v) is 1.69. The second kappa shape index (κ2) is 6.16. The summed E-state index contributed by atoms with van der Waals surface area (Å²) in [5, 5.41) is 7.64. The van der Waals surface area contributed by atoms with Crippen molar-refractivity contribution >= 4 is 17.2 Å². The molecule has 0 atom stereocenters. The number of hydrogen-bond acceptors (Lipinski definition) is 6. The third kappa shape index (κ3) is 3.12. The predicted molar refractivity (Wildman–Crippen MR) is 77.5 cm³/mol. The quantitative estimate of drug-likeness (QED) is 0.843. The third-order valence-corrected chi connectivity index (χ3v) is 2.71. The Bertz CT molecular complexity index is 612. The number of nitrogens with zero attached hydrogens (tertiary/aromatic N) is 2. The standard InChI is InChI=1S/C13H13N3O3S/c1-17-8-5-9(18-2)7-10(6-8)19-13-11(12(14)20)3-4-15-16-13/h3-7H,1-2H3,(H2,14,20). The summed E-state index contributed by atoms with van der Waals surface area (Å²) < 4.78 is 16.0. The largest absolute Gasteiger partial charge is 0.496 e. The first-order valence-electron chi connectivity index (χ1n) is 5.66. The molecular weight excluding hydrogens is 278 g/mol. The predicted octanol–water partition coefficient (Wildman–Crippen LogP) is 1.92. The van der Waals surface area contributed by atoms with Gasteiger partial charge in [-0.15, -0.1) is 5.10 Å². The second-order valence-electron chi connectivity index (χ2n) is 3.76. The monoisotopic (exact) mass is 291 g/mol. The van der Waals surface area contributed by atoms with Crippen molar-refractivity contribution in [2.24, 2.45) is 5.73 Å². The van der Waals surface area contributed by atoms with Gasteiger partial charge in [0.1, 0.15) is 22.2 Å². The molecule has 0 fully saturated rings. The van der Waals surface area contributed by atoms with Crippen LogP contribution in [0.2, 0.25) is 0 Å². The molecule has 7 heteroatoms. The first-order valence-corrected chi connectivity index (χ1v) is 6.07. The van der Waals surface area contributed by atoms with Crippen LogP contribution in [-0.2, 0) is 0 Å². The number of rotatable bonds is 5. The van der Waals surface area contributed by atoms with E-state index in [1.165, 1.54) is 6.20 Å². The van der Waals surface area contributed by atoms with Gasteiger partial charge in [-0.1, -0.05) is 12.2 Å². The first kappa shape index (κ1) is 14.0. The van der Waals surface area contributed by atoms with Crippen LogP contribution in [0, 0.1) is 0 Å². The van der Waals surface area contributed by atoms with Crippen LogP contribution < -0.4 is 19.9 Å². The van der Waals surface area contributed by atoms with Crippen molar-refractivity contribution in [3.63, 3.8) is 0 Å². The zero-order valence-corrected chi connectivity index (χ0v) is 11.8. The van der Waals surface area contributed by atoms with Gasteiger partial charge in [0, 0.05) is 18.2 Å². The maximum absolute atomic E-state index is 5.65. The average molecular weight is 291 g/mol. The fourth-order valence-electron chi connectivity index (χ4n) is 1.53. The zero-order chi connectivity index (χ0) is 14.5. The van der Waals surface area contributed by atoms with E-state index in [-0.39, 0.29) is 10.9 Å². The van der Waals surface area contributed by atoms with E-state index in [4.69, 9.17) is 32.2 Å². The molecule has 0 aliphatic heterocycles. The lowest BCUT2D eigenvalue weighted by Gasteiger charge is -2.10. The Morgan fingerprint density at radius 3 is 2.25 bits per heavy atom. The number of nitrogens with two attached hydrogens (primary N) is 1. The average Bonchev–Trinajstić information content (AvgIpc) is 2.47. The van der Waals surface area contributed by atoms with Crippen molar-refractivity contribution in [3.8, 4) is 23.1 Å². The van der Waals surface area contributed by atoms with Gasteiger partial charge in [0.2, 0.25) is 5.88 Å². The minimum Gasteiger partial charge on any atom is -0.496 e. The van der Waals surface area contributed by atoms with Gasteiger partial charge in [0.15, 0.2) is 0 Å². The van der Waals surface area contributed by atoms with E-state index in [9.17, 15) is 0 Å². The van der Waals surface area contributed by atoms with Gasteiger partial charge in [0.05, 0.1) is 26.0 Å². The lowest BCUT2D eigenvalue weighted by Crippen LogP contribution is -2.12. The molecule has 2 aromatic rings. The minimum absolute atomic E-state index is 0.185. The summed E-state index contributed by atoms with van der Waals surface area (Å²) in [4.78, 5) is 0.185. The lowest BCUT2D eigenvalue weighted by molar-refractivity contribution is 0.384. The molecule has 20 heavy (non-hydrogen) atoms. The van der Waals surface area contributed by atoms with Crippen molar-refractivity contribution in [2.75, 3.05) is 14.2 Å². The molecule has 0 aliphatic carbocycles. The Kier molecular flexibility index (Phi) is 4.31. The van der Waals surface area contributed by atoms with Gasteiger partial charge in [-0.25, -0.2) is 0 Å². The fraction of sp³-hybridized carbons (Fsp3) is 0.154. The SMILES string of the molecule is COc1cc(OC)cc(Oc2nnccc2C(N)=S)c1. The summed E-state index contributed by atoms with van der Waals surface area (Å²) in [6.07, 6.45) is 1.49. The Labute approximate surface area is 121 Å². The van der Waals surface area contributed by atoms with Crippen LogP contribution >= 0.6 is 12.2 Å². The van der Waals surface area contributed by atoms with E-state index in [0.717, 1.165) is 0 Å². The summed E-state index contributed by atoms with van der Waals surface area (Å²) in [7, 11) is 3.11. The molecule has 0 saturated carbocycles. The molecule has 0 spiro atoms. The number of thiocarbonyl (C=S) groups is 1. The molecule has 0 saturated heterocycles. The van der Waals surface area contributed by atoms with Crippen molar-refractivity contribution in [2.45, 2.75) is 0 Å². The highest BCUT2D eigenvalue weighted by atomic mass is 32.1. The van der Waals surface area contributed by atoms with Crippen molar-refractivity contribution in [3.05, 3.63) is 36.0 Å². The van der Waals surface area contributed by atoms with Crippen LogP contribution in [0.4, 0.5) is 0 Å². The van der Waals surface area contributed by atoms with E-state index in [1.54, 1.807) is 38.5 Å². The molecule has 0 aliphatic rings. The normalized spacial score (nSPS) is 9.90. The van der Waals surface area contributed by atoms with Gasteiger partial charge < -0.3 is 19.9 Å². The molecule has 2 rings (SSSR count). The summed E-state index contributed by atoms with van der Waals surface area (Å²) in [5.74, 6) is 1.91. The molecule has 0 amide bonds. The Hall–Kier alpha value is -2.41. The molecule has 6 nitrogen and oxygen atoms in total. The third-order valence-electron chi connectivity index (χ3n) is 2.49. The van der Waals surface area contributed by atoms with Gasteiger partial charge in [-0.3, -0.25) is 0 Å². The molecule has 0 bridgehead atoms. The Balaban J connectivity index is 2.37. The van der Waals surface area contributed by atoms with Gasteiger partial charge in [0.25, 0.3) is 0 Å². The van der Waals surface area contributed by atoms with Gasteiger partial charge >= 0.3 is 0 Å². The molecule has 1 heterocycles. The minimum atomic E-state index is 0.185. The molecule has 0 radical (unpaired) electrons. The molecule has 1 aromatic carbocycles. The van der Waals surface area contributed by atoms with E-state index >= 15 is 0 Å². The molecule has 104 valence electrons. The van der Waals surface area contributed by atoms with Crippen LogP contribution in [0.15, 0.2) is 30.5 Å². The topological polar surface area (TPSA) is 79.5 Å². The number of aromatic nitrogens is 2. The first-order chi connectivity index (χ1) is 9.63. The highest BCUT2D eigenvalue weighted by Crippen LogP contribution is 2.30. The van der Waals surface area contributed by atoms with Crippen molar-refractivity contribution in [1.82, 2.24) is 10.2 Å². The zero-order valence-electron chi connectivity index (χ0n) is 11.0. The molecule has 1 aromatic heterocycles. The summed E-state index contributed by atoms with van der Waals surface area (Å²) in [6, 6.07) is 6.77. The van der Waals surface area contributed by atoms with Crippen molar-refractivity contribution in [1.29, 1.82) is 0 Å². The number of methoxy groups -OCH3 is 2. The van der Waals surface area contributed by atoms with Gasteiger partial charge in [-0.2, -0.15) is 5.10 Å². The van der Waals surface area contributed by atoms with Crippen LogP contribution in [0.5, 0.6) is 23.1 Å².